The molecular formula is C20H29BO3. The summed E-state index contributed by atoms with van der Waals surface area (Å²) in [6.07, 6.45) is 6.49. The van der Waals surface area contributed by atoms with Crippen molar-refractivity contribution in [3.05, 3.63) is 29.3 Å². The minimum atomic E-state index is -0.289. The van der Waals surface area contributed by atoms with Crippen LogP contribution in [-0.4, -0.2) is 24.9 Å². The van der Waals surface area contributed by atoms with Crippen LogP contribution < -0.4 is 5.46 Å². The summed E-state index contributed by atoms with van der Waals surface area (Å²) in [6.45, 7) is 9.34. The van der Waals surface area contributed by atoms with Gasteiger partial charge in [0.15, 0.2) is 0 Å². The van der Waals surface area contributed by atoms with E-state index < -0.39 is 0 Å². The molecule has 2 heterocycles. The molecule has 0 radical (unpaired) electrons. The minimum absolute atomic E-state index is 0.270. The van der Waals surface area contributed by atoms with Gasteiger partial charge in [-0.25, -0.2) is 0 Å². The van der Waals surface area contributed by atoms with Crippen LogP contribution in [0.5, 0.6) is 0 Å². The van der Waals surface area contributed by atoms with E-state index in [9.17, 15) is 0 Å². The van der Waals surface area contributed by atoms with Crippen molar-refractivity contribution in [2.24, 2.45) is 0 Å². The first-order valence-corrected chi connectivity index (χ1v) is 9.48. The topological polar surface area (TPSA) is 27.7 Å². The number of benzene rings is 1. The molecule has 1 unspecified atom stereocenters. The molecule has 3 fully saturated rings. The van der Waals surface area contributed by atoms with Gasteiger partial charge >= 0.3 is 7.12 Å². The zero-order chi connectivity index (χ0) is 16.9. The third-order valence-corrected chi connectivity index (χ3v) is 6.18. The maximum atomic E-state index is 6.24. The van der Waals surface area contributed by atoms with Crippen LogP contribution in [-0.2, 0) is 14.0 Å². The van der Waals surface area contributed by atoms with Crippen molar-refractivity contribution in [3.8, 4) is 0 Å². The van der Waals surface area contributed by atoms with E-state index in [1.165, 1.54) is 36.8 Å². The molecule has 0 bridgehead atoms. The molecule has 3 aliphatic rings. The van der Waals surface area contributed by atoms with Gasteiger partial charge in [-0.3, -0.25) is 0 Å². The Morgan fingerprint density at radius 2 is 1.62 bits per heavy atom. The average Bonchev–Trinajstić information content (AvgIpc) is 3.35. The van der Waals surface area contributed by atoms with Gasteiger partial charge in [-0.1, -0.05) is 18.2 Å². The molecule has 2 aliphatic heterocycles. The molecular weight excluding hydrogens is 299 g/mol. The Kier molecular flexibility index (Phi) is 4.06. The van der Waals surface area contributed by atoms with Gasteiger partial charge in [-0.15, -0.1) is 0 Å². The first kappa shape index (κ1) is 16.6. The third-order valence-electron chi connectivity index (χ3n) is 6.18. The Balaban J connectivity index is 1.63. The van der Waals surface area contributed by atoms with Crippen LogP contribution in [0.15, 0.2) is 18.2 Å². The highest BCUT2D eigenvalue weighted by molar-refractivity contribution is 6.62. The highest BCUT2D eigenvalue weighted by Gasteiger charge is 2.51. The Morgan fingerprint density at radius 3 is 2.21 bits per heavy atom. The average molecular weight is 328 g/mol. The fourth-order valence-corrected chi connectivity index (χ4v) is 3.75. The van der Waals surface area contributed by atoms with E-state index in [0.29, 0.717) is 5.92 Å². The lowest BCUT2D eigenvalue weighted by molar-refractivity contribution is 0.00578. The number of hydrogen-bond donors (Lipinski definition) is 0. The molecule has 24 heavy (non-hydrogen) atoms. The zero-order valence-corrected chi connectivity index (χ0v) is 15.4. The van der Waals surface area contributed by atoms with Crippen LogP contribution in [0, 0.1) is 0 Å². The van der Waals surface area contributed by atoms with E-state index in [1.54, 1.807) is 0 Å². The zero-order valence-electron chi connectivity index (χ0n) is 15.4. The van der Waals surface area contributed by atoms with Gasteiger partial charge in [0.25, 0.3) is 0 Å². The molecule has 1 saturated carbocycles. The van der Waals surface area contributed by atoms with Gasteiger partial charge in [0.1, 0.15) is 0 Å². The molecule has 0 spiro atoms. The first-order valence-electron chi connectivity index (χ1n) is 9.48. The molecule has 0 aromatic heterocycles. The van der Waals surface area contributed by atoms with E-state index in [-0.39, 0.29) is 24.4 Å². The maximum absolute atomic E-state index is 6.24. The van der Waals surface area contributed by atoms with Crippen molar-refractivity contribution in [1.82, 2.24) is 0 Å². The molecule has 0 amide bonds. The SMILES string of the molecule is CC1(C)OB(c2ccc(C3CCCCO3)c(C3CC3)c2)OC1(C)C. The van der Waals surface area contributed by atoms with Crippen molar-refractivity contribution < 1.29 is 14.0 Å². The fraction of sp³-hybridized carbons (Fsp3) is 0.700. The Bertz CT molecular complexity index is 599. The first-order chi connectivity index (χ1) is 11.4. The lowest BCUT2D eigenvalue weighted by Gasteiger charge is -2.32. The Labute approximate surface area is 146 Å². The van der Waals surface area contributed by atoms with Crippen LogP contribution in [0.3, 0.4) is 0 Å². The number of hydrogen-bond acceptors (Lipinski definition) is 3. The van der Waals surface area contributed by atoms with Crippen molar-refractivity contribution in [2.45, 2.75) is 83.0 Å². The van der Waals surface area contributed by atoms with Crippen LogP contribution in [0.1, 0.15) is 82.9 Å². The lowest BCUT2D eigenvalue weighted by atomic mass is 9.76. The standard InChI is InChI=1S/C20H29BO3/c1-19(2)20(3,4)24-21(23-19)15-10-11-16(17(13-15)14-8-9-14)18-7-5-6-12-22-18/h10-11,13-14,18H,5-9,12H2,1-4H3. The van der Waals surface area contributed by atoms with E-state index in [0.717, 1.165) is 18.5 Å². The lowest BCUT2D eigenvalue weighted by Crippen LogP contribution is -2.41. The van der Waals surface area contributed by atoms with E-state index in [4.69, 9.17) is 14.0 Å². The summed E-state index contributed by atoms with van der Waals surface area (Å²) < 4.78 is 18.5. The highest BCUT2D eigenvalue weighted by atomic mass is 16.7. The second kappa shape index (κ2) is 5.86. The van der Waals surface area contributed by atoms with E-state index in [1.807, 2.05) is 0 Å². The van der Waals surface area contributed by atoms with Crippen LogP contribution >= 0.6 is 0 Å². The van der Waals surface area contributed by atoms with Crippen molar-refractivity contribution in [1.29, 1.82) is 0 Å². The number of ether oxygens (including phenoxy) is 1. The summed E-state index contributed by atoms with van der Waals surface area (Å²) in [5.41, 5.74) is 3.44. The molecule has 4 heteroatoms. The Hall–Kier alpha value is -0.835. The summed E-state index contributed by atoms with van der Waals surface area (Å²) in [6, 6.07) is 6.78. The summed E-state index contributed by atoms with van der Waals surface area (Å²) in [5, 5.41) is 0. The third kappa shape index (κ3) is 2.93. The molecule has 1 aromatic rings. The van der Waals surface area contributed by atoms with Crippen molar-refractivity contribution >= 4 is 12.6 Å². The van der Waals surface area contributed by atoms with Gasteiger partial charge in [0.2, 0.25) is 0 Å². The van der Waals surface area contributed by atoms with Crippen LogP contribution in [0.25, 0.3) is 0 Å². The minimum Gasteiger partial charge on any atom is -0.399 e. The highest BCUT2D eigenvalue weighted by Crippen LogP contribution is 2.45. The van der Waals surface area contributed by atoms with Gasteiger partial charge in [-0.05, 0) is 82.3 Å². The second-order valence-electron chi connectivity index (χ2n) is 8.61. The summed E-state index contributed by atoms with van der Waals surface area (Å²) in [5.74, 6) is 0.702. The summed E-state index contributed by atoms with van der Waals surface area (Å²) >= 11 is 0. The molecule has 130 valence electrons. The van der Waals surface area contributed by atoms with Crippen LogP contribution in [0.4, 0.5) is 0 Å². The van der Waals surface area contributed by atoms with E-state index >= 15 is 0 Å². The largest absolute Gasteiger partial charge is 0.494 e. The predicted octanol–water partition coefficient (Wildman–Crippen LogP) is 4.10. The van der Waals surface area contributed by atoms with Gasteiger partial charge < -0.3 is 14.0 Å². The fourth-order valence-electron chi connectivity index (χ4n) is 3.75. The second-order valence-corrected chi connectivity index (χ2v) is 8.61. The quantitative estimate of drug-likeness (QED) is 0.782. The van der Waals surface area contributed by atoms with Crippen molar-refractivity contribution in [3.63, 3.8) is 0 Å². The Morgan fingerprint density at radius 1 is 0.917 bits per heavy atom. The van der Waals surface area contributed by atoms with Gasteiger partial charge in [-0.2, -0.15) is 0 Å². The molecule has 2 saturated heterocycles. The van der Waals surface area contributed by atoms with Gasteiger partial charge in [0.05, 0.1) is 17.3 Å². The maximum Gasteiger partial charge on any atom is 0.494 e. The smallest absolute Gasteiger partial charge is 0.399 e. The molecule has 4 rings (SSSR count). The number of rotatable bonds is 3. The molecule has 0 N–H and O–H groups in total. The normalized spacial score (nSPS) is 29.0. The van der Waals surface area contributed by atoms with Crippen LogP contribution in [0.2, 0.25) is 0 Å². The summed E-state index contributed by atoms with van der Waals surface area (Å²) in [7, 11) is -0.270. The predicted molar refractivity (Wildman–Crippen MR) is 96.7 cm³/mol. The van der Waals surface area contributed by atoms with E-state index in [2.05, 4.69) is 45.9 Å². The van der Waals surface area contributed by atoms with Crippen molar-refractivity contribution in [2.75, 3.05) is 6.61 Å². The monoisotopic (exact) mass is 328 g/mol. The molecule has 1 aliphatic carbocycles. The summed E-state index contributed by atoms with van der Waals surface area (Å²) in [4.78, 5) is 0. The molecule has 1 atom stereocenters. The van der Waals surface area contributed by atoms with Gasteiger partial charge in [0, 0.05) is 6.61 Å². The molecule has 3 nitrogen and oxygen atoms in total. The molecule has 1 aromatic carbocycles.